The fourth-order valence-electron chi connectivity index (χ4n) is 1.62. The molecule has 0 saturated carbocycles. The lowest BCUT2D eigenvalue weighted by Gasteiger charge is -2.29. The van der Waals surface area contributed by atoms with Gasteiger partial charge in [0, 0.05) is 18.6 Å². The maximum atomic E-state index is 13.4. The summed E-state index contributed by atoms with van der Waals surface area (Å²) >= 11 is 5.91. The van der Waals surface area contributed by atoms with Crippen molar-refractivity contribution in [1.82, 2.24) is 9.71 Å². The van der Waals surface area contributed by atoms with Crippen LogP contribution in [0.1, 0.15) is 26.7 Å². The summed E-state index contributed by atoms with van der Waals surface area (Å²) in [5.74, 6) is -0.521. The zero-order chi connectivity index (χ0) is 14.5. The molecular formula is C12H18ClFN2O2S. The predicted molar refractivity (Wildman–Crippen MR) is 73.1 cm³/mol. The van der Waals surface area contributed by atoms with Crippen molar-refractivity contribution in [1.29, 1.82) is 0 Å². The Balaban J connectivity index is 2.90. The number of sulfonamides is 1. The molecule has 108 valence electrons. The molecule has 0 radical (unpaired) electrons. The third kappa shape index (κ3) is 3.87. The molecule has 19 heavy (non-hydrogen) atoms. The van der Waals surface area contributed by atoms with Crippen LogP contribution in [0, 0.1) is 11.2 Å². The third-order valence-corrected chi connectivity index (χ3v) is 5.30. The van der Waals surface area contributed by atoms with E-state index < -0.39 is 20.9 Å². The second kappa shape index (κ2) is 6.63. The van der Waals surface area contributed by atoms with Gasteiger partial charge in [0.25, 0.3) is 10.0 Å². The Bertz CT molecular complexity index is 510. The first-order valence-corrected chi connectivity index (χ1v) is 8.08. The average Bonchev–Trinajstić information content (AvgIpc) is 2.41. The summed E-state index contributed by atoms with van der Waals surface area (Å²) in [6.07, 6.45) is 2.71. The maximum absolute atomic E-state index is 13.4. The summed E-state index contributed by atoms with van der Waals surface area (Å²) in [5, 5.41) is -0.578. The lowest BCUT2D eigenvalue weighted by Crippen LogP contribution is -2.38. The number of aromatic nitrogens is 1. The predicted octanol–water partition coefficient (Wildman–Crippen LogP) is 2.54. The Morgan fingerprint density at radius 2 is 2.05 bits per heavy atom. The molecule has 0 bridgehead atoms. The van der Waals surface area contributed by atoms with Crippen LogP contribution in [-0.4, -0.2) is 25.8 Å². The Morgan fingerprint density at radius 3 is 2.53 bits per heavy atom. The van der Waals surface area contributed by atoms with Crippen LogP contribution in [0.25, 0.3) is 0 Å². The molecule has 0 saturated heterocycles. The van der Waals surface area contributed by atoms with Gasteiger partial charge in [-0.25, -0.2) is 22.5 Å². The van der Waals surface area contributed by atoms with Gasteiger partial charge in [-0.3, -0.25) is 0 Å². The molecule has 0 amide bonds. The number of halogens is 2. The first kappa shape index (κ1) is 16.3. The number of pyridine rings is 1. The molecule has 1 heterocycles. The zero-order valence-electron chi connectivity index (χ0n) is 11.0. The van der Waals surface area contributed by atoms with E-state index in [0.29, 0.717) is 5.88 Å². The highest BCUT2D eigenvalue weighted by atomic mass is 35.5. The minimum atomic E-state index is -3.95. The van der Waals surface area contributed by atoms with E-state index in [1.807, 2.05) is 13.8 Å². The van der Waals surface area contributed by atoms with Crippen molar-refractivity contribution < 1.29 is 12.8 Å². The van der Waals surface area contributed by atoms with E-state index >= 15 is 0 Å². The summed E-state index contributed by atoms with van der Waals surface area (Å²) in [6.45, 7) is 4.06. The number of nitrogens with zero attached hydrogens (tertiary/aromatic N) is 1. The highest BCUT2D eigenvalue weighted by Gasteiger charge is 2.29. The number of hydrogen-bond donors (Lipinski definition) is 1. The molecule has 1 rings (SSSR count). The smallest absolute Gasteiger partial charge is 0.241 e. The van der Waals surface area contributed by atoms with Crippen LogP contribution in [0.15, 0.2) is 23.4 Å². The van der Waals surface area contributed by atoms with Gasteiger partial charge in [-0.1, -0.05) is 13.8 Å². The van der Waals surface area contributed by atoms with Gasteiger partial charge in [0.15, 0.2) is 5.82 Å². The van der Waals surface area contributed by atoms with Crippen LogP contribution >= 0.6 is 11.6 Å². The highest BCUT2D eigenvalue weighted by molar-refractivity contribution is 7.89. The van der Waals surface area contributed by atoms with Crippen LogP contribution < -0.4 is 4.72 Å². The molecule has 0 fully saturated rings. The van der Waals surface area contributed by atoms with Crippen LogP contribution in [-0.2, 0) is 10.0 Å². The molecule has 0 spiro atoms. The molecule has 0 aliphatic rings. The summed E-state index contributed by atoms with van der Waals surface area (Å²) in [5.41, 5.74) is -0.320. The van der Waals surface area contributed by atoms with Gasteiger partial charge in [0.2, 0.25) is 5.03 Å². The van der Waals surface area contributed by atoms with Crippen molar-refractivity contribution >= 4 is 21.6 Å². The van der Waals surface area contributed by atoms with Crippen molar-refractivity contribution in [2.24, 2.45) is 5.41 Å². The van der Waals surface area contributed by atoms with Crippen molar-refractivity contribution in [3.8, 4) is 0 Å². The van der Waals surface area contributed by atoms with Gasteiger partial charge in [0.05, 0.1) is 0 Å². The number of rotatable bonds is 7. The Kier molecular flexibility index (Phi) is 5.70. The summed E-state index contributed by atoms with van der Waals surface area (Å²) in [7, 11) is -3.95. The van der Waals surface area contributed by atoms with Gasteiger partial charge < -0.3 is 0 Å². The van der Waals surface area contributed by atoms with Crippen LogP contribution in [0.2, 0.25) is 0 Å². The quantitative estimate of drug-likeness (QED) is 0.788. The Hall–Kier alpha value is -0.720. The lowest BCUT2D eigenvalue weighted by molar-refractivity contribution is 0.304. The SMILES string of the molecule is CCC(CC)(CCl)CNS(=O)(=O)c1ncccc1F. The number of alkyl halides is 1. The molecule has 0 unspecified atom stereocenters. The molecule has 0 atom stereocenters. The standard InChI is InChI=1S/C12H18ClFN2O2S/c1-3-12(4-2,8-13)9-16-19(17,18)11-10(14)6-5-7-15-11/h5-7,16H,3-4,8-9H2,1-2H3. The minimum absolute atomic E-state index is 0.168. The first-order valence-electron chi connectivity index (χ1n) is 6.07. The van der Waals surface area contributed by atoms with Gasteiger partial charge >= 0.3 is 0 Å². The van der Waals surface area contributed by atoms with E-state index in [0.717, 1.165) is 18.9 Å². The van der Waals surface area contributed by atoms with Crippen molar-refractivity contribution in [2.75, 3.05) is 12.4 Å². The summed E-state index contributed by atoms with van der Waals surface area (Å²) < 4.78 is 39.8. The maximum Gasteiger partial charge on any atom is 0.261 e. The molecule has 0 aliphatic carbocycles. The molecule has 1 aromatic rings. The van der Waals surface area contributed by atoms with Crippen molar-refractivity contribution in [2.45, 2.75) is 31.7 Å². The Labute approximate surface area is 118 Å². The summed E-state index contributed by atoms with van der Waals surface area (Å²) in [6, 6.07) is 2.41. The van der Waals surface area contributed by atoms with E-state index in [9.17, 15) is 12.8 Å². The first-order chi connectivity index (χ1) is 8.90. The Morgan fingerprint density at radius 1 is 1.42 bits per heavy atom. The molecule has 1 aromatic heterocycles. The van der Waals surface area contributed by atoms with Crippen LogP contribution in [0.5, 0.6) is 0 Å². The number of nitrogens with one attached hydrogen (secondary N) is 1. The second-order valence-electron chi connectivity index (χ2n) is 4.46. The molecule has 1 N–H and O–H groups in total. The molecule has 0 aromatic carbocycles. The van der Waals surface area contributed by atoms with Gasteiger partial charge in [-0.2, -0.15) is 0 Å². The largest absolute Gasteiger partial charge is 0.261 e. The van der Waals surface area contributed by atoms with Crippen LogP contribution in [0.4, 0.5) is 4.39 Å². The molecule has 7 heteroatoms. The van der Waals surface area contributed by atoms with E-state index in [4.69, 9.17) is 11.6 Å². The third-order valence-electron chi connectivity index (χ3n) is 3.40. The second-order valence-corrected chi connectivity index (χ2v) is 6.41. The van der Waals surface area contributed by atoms with E-state index in [-0.39, 0.29) is 12.0 Å². The van der Waals surface area contributed by atoms with Gasteiger partial charge in [-0.15, -0.1) is 11.6 Å². The zero-order valence-corrected chi connectivity index (χ0v) is 12.6. The topological polar surface area (TPSA) is 59.1 Å². The minimum Gasteiger partial charge on any atom is -0.241 e. The van der Waals surface area contributed by atoms with Crippen LogP contribution in [0.3, 0.4) is 0 Å². The lowest BCUT2D eigenvalue weighted by atomic mass is 9.85. The van der Waals surface area contributed by atoms with Crippen molar-refractivity contribution in [3.63, 3.8) is 0 Å². The van der Waals surface area contributed by atoms with E-state index in [1.54, 1.807) is 0 Å². The summed E-state index contributed by atoms with van der Waals surface area (Å²) in [4.78, 5) is 3.57. The van der Waals surface area contributed by atoms with Crippen molar-refractivity contribution in [3.05, 3.63) is 24.1 Å². The fraction of sp³-hybridized carbons (Fsp3) is 0.583. The highest BCUT2D eigenvalue weighted by Crippen LogP contribution is 2.27. The van der Waals surface area contributed by atoms with E-state index in [2.05, 4.69) is 9.71 Å². The molecular weight excluding hydrogens is 291 g/mol. The normalized spacial score (nSPS) is 12.6. The van der Waals surface area contributed by atoms with E-state index in [1.165, 1.54) is 12.3 Å². The fourth-order valence-corrected chi connectivity index (χ4v) is 3.25. The van der Waals surface area contributed by atoms with Gasteiger partial charge in [-0.05, 0) is 30.4 Å². The monoisotopic (exact) mass is 308 g/mol. The molecule has 4 nitrogen and oxygen atoms in total. The average molecular weight is 309 g/mol. The molecule has 0 aliphatic heterocycles. The number of hydrogen-bond acceptors (Lipinski definition) is 3. The van der Waals surface area contributed by atoms with Gasteiger partial charge in [0.1, 0.15) is 0 Å².